The molecule has 1 N–H and O–H groups in total. The second-order valence-corrected chi connectivity index (χ2v) is 10.0. The van der Waals surface area contributed by atoms with Crippen LogP contribution in [0.2, 0.25) is 0 Å². The van der Waals surface area contributed by atoms with Crippen molar-refractivity contribution in [3.8, 4) is 11.5 Å². The lowest BCUT2D eigenvalue weighted by atomic mass is 9.97. The Bertz CT molecular complexity index is 1510. The number of aryl methyl sites for hydroxylation is 2. The summed E-state index contributed by atoms with van der Waals surface area (Å²) in [6.07, 6.45) is 7.07. The van der Waals surface area contributed by atoms with Gasteiger partial charge in [0.25, 0.3) is 11.5 Å². The molecule has 2 aromatic heterocycles. The lowest BCUT2D eigenvalue weighted by Crippen LogP contribution is -2.34. The van der Waals surface area contributed by atoms with Crippen molar-refractivity contribution in [2.24, 2.45) is 5.10 Å². The maximum atomic E-state index is 13.2. The molecule has 0 aliphatic heterocycles. The number of rotatable bonds is 8. The van der Waals surface area contributed by atoms with E-state index >= 15 is 0 Å². The van der Waals surface area contributed by atoms with E-state index in [9.17, 15) is 9.59 Å². The summed E-state index contributed by atoms with van der Waals surface area (Å²) in [5, 5.41) is 4.74. The number of amides is 1. The maximum Gasteiger partial charge on any atom is 0.263 e. The van der Waals surface area contributed by atoms with Crippen LogP contribution in [0.1, 0.15) is 47.4 Å². The largest absolute Gasteiger partial charge is 0.493 e. The minimum Gasteiger partial charge on any atom is -0.493 e. The number of methoxy groups -OCH3 is 1. The van der Waals surface area contributed by atoms with Crippen LogP contribution >= 0.6 is 11.3 Å². The molecular weight excluding hydrogens is 488 g/mol. The topological polar surface area (TPSA) is 94.8 Å². The van der Waals surface area contributed by atoms with Crippen molar-refractivity contribution < 1.29 is 14.3 Å². The standard InChI is InChI=1S/C28H28N4O4S/c1-18(32-17-29-27-25(28(32)34)21-10-6-7-11-24(21)37-27)26(33)31-30-15-20-12-13-22(23(14-20)35-2)36-16-19-8-4-3-5-9-19/h3-5,8-9,12-15,17-18H,6-7,10-11,16H2,1-2H3,(H,31,33). The Hall–Kier alpha value is -3.98. The predicted octanol–water partition coefficient (Wildman–Crippen LogP) is 4.64. The number of carbonyl (C=O) groups excluding carboxylic acids is 1. The number of hydrazone groups is 1. The van der Waals surface area contributed by atoms with E-state index in [0.29, 0.717) is 23.5 Å². The minimum atomic E-state index is -0.760. The molecule has 0 saturated carbocycles. The fraction of sp³-hybridized carbons (Fsp3) is 0.286. The van der Waals surface area contributed by atoms with Gasteiger partial charge >= 0.3 is 0 Å². The quantitative estimate of drug-likeness (QED) is 0.272. The minimum absolute atomic E-state index is 0.174. The Balaban J connectivity index is 1.25. The normalized spacial score (nSPS) is 13.9. The molecule has 1 aliphatic carbocycles. The van der Waals surface area contributed by atoms with E-state index in [1.54, 1.807) is 37.5 Å². The van der Waals surface area contributed by atoms with E-state index in [1.165, 1.54) is 22.0 Å². The van der Waals surface area contributed by atoms with E-state index < -0.39 is 11.9 Å². The highest BCUT2D eigenvalue weighted by Gasteiger charge is 2.23. The molecule has 0 spiro atoms. The zero-order chi connectivity index (χ0) is 25.8. The van der Waals surface area contributed by atoms with Crippen molar-refractivity contribution in [2.75, 3.05) is 7.11 Å². The number of hydrogen-bond donors (Lipinski definition) is 1. The SMILES string of the molecule is COc1cc(C=NNC(=O)C(C)n2cnc3sc4c(c3c2=O)CCCC4)ccc1OCc1ccccc1. The summed E-state index contributed by atoms with van der Waals surface area (Å²) < 4.78 is 12.7. The van der Waals surface area contributed by atoms with Crippen LogP contribution in [0, 0.1) is 0 Å². The number of ether oxygens (including phenoxy) is 2. The second kappa shape index (κ2) is 11.0. The number of fused-ring (bicyclic) bond motifs is 3. The molecule has 1 aliphatic rings. The summed E-state index contributed by atoms with van der Waals surface area (Å²) >= 11 is 1.59. The van der Waals surface area contributed by atoms with Gasteiger partial charge in [0.2, 0.25) is 0 Å². The first-order valence-corrected chi connectivity index (χ1v) is 13.1. The second-order valence-electron chi connectivity index (χ2n) is 8.94. The molecule has 37 heavy (non-hydrogen) atoms. The smallest absolute Gasteiger partial charge is 0.263 e. The van der Waals surface area contributed by atoms with Gasteiger partial charge in [0.05, 0.1) is 25.0 Å². The molecule has 1 atom stereocenters. The highest BCUT2D eigenvalue weighted by Crippen LogP contribution is 2.33. The molecule has 1 unspecified atom stereocenters. The Morgan fingerprint density at radius 2 is 2.00 bits per heavy atom. The third kappa shape index (κ3) is 5.27. The van der Waals surface area contributed by atoms with Crippen LogP contribution in [0.4, 0.5) is 0 Å². The van der Waals surface area contributed by atoms with Gasteiger partial charge in [-0.25, -0.2) is 10.4 Å². The van der Waals surface area contributed by atoms with Crippen LogP contribution in [0.3, 0.4) is 0 Å². The van der Waals surface area contributed by atoms with Gasteiger partial charge in [-0.3, -0.25) is 14.2 Å². The molecule has 0 fully saturated rings. The summed E-state index contributed by atoms with van der Waals surface area (Å²) in [5.41, 5.74) is 5.24. The van der Waals surface area contributed by atoms with Crippen LogP contribution in [0.5, 0.6) is 11.5 Å². The average molecular weight is 517 g/mol. The molecule has 0 saturated heterocycles. The van der Waals surface area contributed by atoms with Gasteiger partial charge in [0, 0.05) is 4.88 Å². The van der Waals surface area contributed by atoms with Crippen LogP contribution in [-0.4, -0.2) is 28.8 Å². The van der Waals surface area contributed by atoms with Gasteiger partial charge in [0.1, 0.15) is 17.5 Å². The maximum absolute atomic E-state index is 13.2. The average Bonchev–Trinajstić information content (AvgIpc) is 3.32. The number of carbonyl (C=O) groups is 1. The number of thiophene rings is 1. The highest BCUT2D eigenvalue weighted by atomic mass is 32.1. The van der Waals surface area contributed by atoms with Gasteiger partial charge in [-0.2, -0.15) is 5.10 Å². The highest BCUT2D eigenvalue weighted by molar-refractivity contribution is 7.18. The first-order valence-electron chi connectivity index (χ1n) is 12.2. The molecule has 190 valence electrons. The number of aromatic nitrogens is 2. The van der Waals surface area contributed by atoms with Crippen LogP contribution in [0.15, 0.2) is 64.8 Å². The summed E-state index contributed by atoms with van der Waals surface area (Å²) in [6.45, 7) is 2.09. The molecular formula is C28H28N4O4S. The fourth-order valence-electron chi connectivity index (χ4n) is 4.44. The Morgan fingerprint density at radius 3 is 2.81 bits per heavy atom. The van der Waals surface area contributed by atoms with Gasteiger partial charge in [0.15, 0.2) is 11.5 Å². The lowest BCUT2D eigenvalue weighted by molar-refractivity contribution is -0.123. The van der Waals surface area contributed by atoms with Crippen molar-refractivity contribution in [3.05, 3.63) is 86.8 Å². The van der Waals surface area contributed by atoms with Crippen molar-refractivity contribution in [3.63, 3.8) is 0 Å². The van der Waals surface area contributed by atoms with E-state index in [-0.39, 0.29) is 5.56 Å². The van der Waals surface area contributed by atoms with Gasteiger partial charge in [-0.05, 0) is 67.5 Å². The Kier molecular flexibility index (Phi) is 7.32. The molecule has 0 bridgehead atoms. The molecule has 2 aromatic carbocycles. The fourth-order valence-corrected chi connectivity index (χ4v) is 5.66. The number of hydrogen-bond acceptors (Lipinski definition) is 7. The van der Waals surface area contributed by atoms with E-state index in [4.69, 9.17) is 9.47 Å². The zero-order valence-corrected chi connectivity index (χ0v) is 21.6. The van der Waals surface area contributed by atoms with Crippen LogP contribution in [-0.2, 0) is 24.2 Å². The van der Waals surface area contributed by atoms with Crippen molar-refractivity contribution in [1.82, 2.24) is 15.0 Å². The van der Waals surface area contributed by atoms with E-state index in [2.05, 4.69) is 15.5 Å². The summed E-state index contributed by atoms with van der Waals surface area (Å²) in [7, 11) is 1.57. The van der Waals surface area contributed by atoms with E-state index in [1.807, 2.05) is 36.4 Å². The molecule has 8 nitrogen and oxygen atoms in total. The monoisotopic (exact) mass is 516 g/mol. The molecule has 9 heteroatoms. The van der Waals surface area contributed by atoms with Crippen LogP contribution in [0.25, 0.3) is 10.2 Å². The first-order chi connectivity index (χ1) is 18.0. The Labute approximate surface area is 218 Å². The van der Waals surface area contributed by atoms with Crippen molar-refractivity contribution in [1.29, 1.82) is 0 Å². The predicted molar refractivity (Wildman–Crippen MR) is 145 cm³/mol. The lowest BCUT2D eigenvalue weighted by Gasteiger charge is -2.14. The summed E-state index contributed by atoms with van der Waals surface area (Å²) in [6, 6.07) is 14.5. The van der Waals surface area contributed by atoms with Crippen molar-refractivity contribution in [2.45, 2.75) is 45.3 Å². The summed E-state index contributed by atoms with van der Waals surface area (Å²) in [4.78, 5) is 32.5. The number of benzene rings is 2. The first kappa shape index (κ1) is 24.7. The number of nitrogens with one attached hydrogen (secondary N) is 1. The molecule has 0 radical (unpaired) electrons. The number of nitrogens with zero attached hydrogens (tertiary/aromatic N) is 3. The van der Waals surface area contributed by atoms with Gasteiger partial charge in [-0.1, -0.05) is 30.3 Å². The van der Waals surface area contributed by atoms with Gasteiger partial charge in [-0.15, -0.1) is 11.3 Å². The molecule has 1 amide bonds. The molecule has 5 rings (SSSR count). The third-order valence-corrected chi connectivity index (χ3v) is 7.71. The van der Waals surface area contributed by atoms with Gasteiger partial charge < -0.3 is 9.47 Å². The van der Waals surface area contributed by atoms with Crippen LogP contribution < -0.4 is 20.5 Å². The van der Waals surface area contributed by atoms with Crippen molar-refractivity contribution >= 4 is 33.7 Å². The zero-order valence-electron chi connectivity index (χ0n) is 20.8. The Morgan fingerprint density at radius 1 is 1.19 bits per heavy atom. The molecule has 2 heterocycles. The third-order valence-electron chi connectivity index (χ3n) is 6.51. The molecule has 4 aromatic rings. The summed E-state index contributed by atoms with van der Waals surface area (Å²) in [5.74, 6) is 0.766. The van der Waals surface area contributed by atoms with E-state index in [0.717, 1.165) is 47.2 Å².